The minimum atomic E-state index is -0.460. The van der Waals surface area contributed by atoms with Gasteiger partial charge in [0, 0.05) is 30.9 Å². The van der Waals surface area contributed by atoms with Crippen LogP contribution in [0.1, 0.15) is 40.7 Å². The Hall–Kier alpha value is -2.24. The molecule has 2 aromatic carbocycles. The van der Waals surface area contributed by atoms with Crippen LogP contribution < -0.4 is 11.1 Å². The van der Waals surface area contributed by atoms with Gasteiger partial charge in [-0.3, -0.25) is 4.79 Å². The first kappa shape index (κ1) is 19.5. The van der Waals surface area contributed by atoms with Gasteiger partial charge in [0.1, 0.15) is 5.82 Å². The number of nitrogens with one attached hydrogen (secondary N) is 1. The Bertz CT molecular complexity index is 801. The Morgan fingerprint density at radius 2 is 2.00 bits per heavy atom. The highest BCUT2D eigenvalue weighted by atomic mass is 19.1. The zero-order chi connectivity index (χ0) is 19.2. The SMILES string of the molecule is Cc1cc(C(N)=O)ccc1-c1ccc(CNCCC2CCOCC2)c(F)c1. The van der Waals surface area contributed by atoms with E-state index in [1.807, 2.05) is 25.1 Å². The first-order valence-corrected chi connectivity index (χ1v) is 9.52. The van der Waals surface area contributed by atoms with Gasteiger partial charge < -0.3 is 15.8 Å². The number of rotatable bonds is 7. The van der Waals surface area contributed by atoms with E-state index in [0.29, 0.717) is 23.6 Å². The number of halogens is 1. The molecule has 1 aliphatic rings. The van der Waals surface area contributed by atoms with E-state index in [4.69, 9.17) is 10.5 Å². The summed E-state index contributed by atoms with van der Waals surface area (Å²) in [5.41, 5.74) is 9.03. The number of hydrogen-bond donors (Lipinski definition) is 2. The fourth-order valence-corrected chi connectivity index (χ4v) is 3.56. The third kappa shape index (κ3) is 5.15. The van der Waals surface area contributed by atoms with Crippen LogP contribution in [-0.4, -0.2) is 25.7 Å². The zero-order valence-corrected chi connectivity index (χ0v) is 15.8. The molecule has 1 saturated heterocycles. The number of nitrogens with two attached hydrogens (primary N) is 1. The van der Waals surface area contributed by atoms with Crippen molar-refractivity contribution in [3.63, 3.8) is 0 Å². The Morgan fingerprint density at radius 3 is 2.67 bits per heavy atom. The number of primary amides is 1. The quantitative estimate of drug-likeness (QED) is 0.729. The van der Waals surface area contributed by atoms with Crippen LogP contribution in [0.2, 0.25) is 0 Å². The summed E-state index contributed by atoms with van der Waals surface area (Å²) >= 11 is 0. The molecule has 0 aliphatic carbocycles. The normalized spacial score (nSPS) is 15.0. The predicted octanol–water partition coefficient (Wildman–Crippen LogP) is 3.81. The summed E-state index contributed by atoms with van der Waals surface area (Å²) in [6.45, 7) is 5.03. The summed E-state index contributed by atoms with van der Waals surface area (Å²) in [4.78, 5) is 11.3. The molecule has 4 nitrogen and oxygen atoms in total. The lowest BCUT2D eigenvalue weighted by molar-refractivity contribution is 0.0639. The van der Waals surface area contributed by atoms with Crippen molar-refractivity contribution in [2.75, 3.05) is 19.8 Å². The second-order valence-electron chi connectivity index (χ2n) is 7.22. The minimum absolute atomic E-state index is 0.218. The molecule has 1 heterocycles. The highest BCUT2D eigenvalue weighted by Gasteiger charge is 2.13. The van der Waals surface area contributed by atoms with E-state index in [1.165, 1.54) is 0 Å². The third-order valence-electron chi connectivity index (χ3n) is 5.26. The maximum atomic E-state index is 14.5. The lowest BCUT2D eigenvalue weighted by atomic mass is 9.96. The van der Waals surface area contributed by atoms with E-state index in [1.54, 1.807) is 18.2 Å². The fourth-order valence-electron chi connectivity index (χ4n) is 3.56. The fraction of sp³-hybridized carbons (Fsp3) is 0.409. The van der Waals surface area contributed by atoms with Crippen molar-refractivity contribution >= 4 is 5.91 Å². The minimum Gasteiger partial charge on any atom is -0.381 e. The molecule has 3 N–H and O–H groups in total. The van der Waals surface area contributed by atoms with Crippen molar-refractivity contribution in [2.24, 2.45) is 11.7 Å². The molecule has 3 rings (SSSR count). The van der Waals surface area contributed by atoms with Gasteiger partial charge in [-0.15, -0.1) is 0 Å². The zero-order valence-electron chi connectivity index (χ0n) is 15.8. The summed E-state index contributed by atoms with van der Waals surface area (Å²) in [6.07, 6.45) is 3.35. The molecule has 0 radical (unpaired) electrons. The van der Waals surface area contributed by atoms with Gasteiger partial charge in [0.2, 0.25) is 5.91 Å². The first-order valence-electron chi connectivity index (χ1n) is 9.52. The standard InChI is InChI=1S/C22H27FN2O2/c1-15-12-18(22(24)26)4-5-20(15)17-2-3-19(21(23)13-17)14-25-9-6-16-7-10-27-11-8-16/h2-5,12-13,16,25H,6-11,14H2,1H3,(H2,24,26). The molecule has 1 fully saturated rings. The molecule has 0 unspecified atom stereocenters. The lowest BCUT2D eigenvalue weighted by Crippen LogP contribution is -2.22. The van der Waals surface area contributed by atoms with Crippen LogP contribution in [0.15, 0.2) is 36.4 Å². The highest BCUT2D eigenvalue weighted by Crippen LogP contribution is 2.26. The average molecular weight is 370 g/mol. The van der Waals surface area contributed by atoms with E-state index in [2.05, 4.69) is 5.32 Å². The van der Waals surface area contributed by atoms with E-state index in [0.717, 1.165) is 55.7 Å². The third-order valence-corrected chi connectivity index (χ3v) is 5.26. The summed E-state index contributed by atoms with van der Waals surface area (Å²) in [7, 11) is 0. The molecule has 0 bridgehead atoms. The van der Waals surface area contributed by atoms with E-state index in [-0.39, 0.29) is 5.82 Å². The molecule has 144 valence electrons. The Labute approximate surface area is 159 Å². The van der Waals surface area contributed by atoms with Crippen molar-refractivity contribution in [3.8, 4) is 11.1 Å². The second-order valence-corrected chi connectivity index (χ2v) is 7.22. The molecule has 1 aliphatic heterocycles. The number of aryl methyl sites for hydroxylation is 1. The summed E-state index contributed by atoms with van der Waals surface area (Å²) in [5, 5.41) is 3.35. The van der Waals surface area contributed by atoms with Crippen LogP contribution in [0.25, 0.3) is 11.1 Å². The number of carbonyl (C=O) groups excluding carboxylic acids is 1. The van der Waals surface area contributed by atoms with Crippen LogP contribution in [-0.2, 0) is 11.3 Å². The largest absolute Gasteiger partial charge is 0.381 e. The van der Waals surface area contributed by atoms with E-state index < -0.39 is 5.91 Å². The number of amides is 1. The van der Waals surface area contributed by atoms with Crippen LogP contribution in [0, 0.1) is 18.7 Å². The van der Waals surface area contributed by atoms with Gasteiger partial charge in [-0.1, -0.05) is 18.2 Å². The molecule has 1 amide bonds. The Kier molecular flexibility index (Phi) is 6.58. The topological polar surface area (TPSA) is 64.4 Å². The van der Waals surface area contributed by atoms with Crippen LogP contribution >= 0.6 is 0 Å². The lowest BCUT2D eigenvalue weighted by Gasteiger charge is -2.21. The van der Waals surface area contributed by atoms with Crippen molar-refractivity contribution in [1.29, 1.82) is 0 Å². The van der Waals surface area contributed by atoms with Crippen LogP contribution in [0.3, 0.4) is 0 Å². The van der Waals surface area contributed by atoms with Crippen LogP contribution in [0.5, 0.6) is 0 Å². The summed E-state index contributed by atoms with van der Waals surface area (Å²) in [6, 6.07) is 10.5. The monoisotopic (exact) mass is 370 g/mol. The van der Waals surface area contributed by atoms with E-state index in [9.17, 15) is 9.18 Å². The Balaban J connectivity index is 1.59. The van der Waals surface area contributed by atoms with Crippen molar-refractivity contribution in [2.45, 2.75) is 32.7 Å². The molecule has 0 atom stereocenters. The summed E-state index contributed by atoms with van der Waals surface area (Å²) < 4.78 is 19.9. The smallest absolute Gasteiger partial charge is 0.248 e. The molecular weight excluding hydrogens is 343 g/mol. The number of hydrogen-bond acceptors (Lipinski definition) is 3. The van der Waals surface area contributed by atoms with Crippen molar-refractivity contribution in [1.82, 2.24) is 5.32 Å². The van der Waals surface area contributed by atoms with Crippen molar-refractivity contribution in [3.05, 3.63) is 58.9 Å². The maximum absolute atomic E-state index is 14.5. The van der Waals surface area contributed by atoms with Gasteiger partial charge in [0.25, 0.3) is 0 Å². The molecule has 2 aromatic rings. The van der Waals surface area contributed by atoms with Gasteiger partial charge in [0.15, 0.2) is 0 Å². The van der Waals surface area contributed by atoms with E-state index >= 15 is 0 Å². The molecular formula is C22H27FN2O2. The van der Waals surface area contributed by atoms with Crippen LogP contribution in [0.4, 0.5) is 4.39 Å². The molecule has 27 heavy (non-hydrogen) atoms. The second kappa shape index (κ2) is 9.11. The van der Waals surface area contributed by atoms with Gasteiger partial charge in [-0.2, -0.15) is 0 Å². The molecule has 0 aromatic heterocycles. The summed E-state index contributed by atoms with van der Waals surface area (Å²) in [5.74, 6) is 0.0345. The number of benzene rings is 2. The highest BCUT2D eigenvalue weighted by molar-refractivity contribution is 5.93. The Morgan fingerprint density at radius 1 is 1.22 bits per heavy atom. The van der Waals surface area contributed by atoms with Gasteiger partial charge in [0.05, 0.1) is 0 Å². The molecule has 0 saturated carbocycles. The predicted molar refractivity (Wildman–Crippen MR) is 105 cm³/mol. The van der Waals surface area contributed by atoms with Crippen molar-refractivity contribution < 1.29 is 13.9 Å². The number of carbonyl (C=O) groups is 1. The van der Waals surface area contributed by atoms with Gasteiger partial charge in [-0.05, 0) is 73.5 Å². The maximum Gasteiger partial charge on any atom is 0.248 e. The molecule has 5 heteroatoms. The molecule has 0 spiro atoms. The average Bonchev–Trinajstić information content (AvgIpc) is 2.67. The first-order chi connectivity index (χ1) is 13.0. The van der Waals surface area contributed by atoms with Gasteiger partial charge >= 0.3 is 0 Å². The van der Waals surface area contributed by atoms with Gasteiger partial charge in [-0.25, -0.2) is 4.39 Å². The number of ether oxygens (including phenoxy) is 1.